The highest BCUT2D eigenvalue weighted by Crippen LogP contribution is 2.28. The molecule has 0 aliphatic heterocycles. The average molecular weight is 228 g/mol. The third kappa shape index (κ3) is 3.49. The summed E-state index contributed by atoms with van der Waals surface area (Å²) < 4.78 is 0. The molecule has 1 heterocycles. The molecule has 0 aliphatic rings. The molecule has 82 valence electrons. The molecule has 1 aromatic rings. The van der Waals surface area contributed by atoms with Crippen molar-refractivity contribution in [1.29, 1.82) is 0 Å². The van der Waals surface area contributed by atoms with E-state index in [1.807, 2.05) is 6.92 Å². The van der Waals surface area contributed by atoms with Crippen LogP contribution in [0.2, 0.25) is 0 Å². The van der Waals surface area contributed by atoms with Gasteiger partial charge in [0.2, 0.25) is 0 Å². The number of aromatic nitrogens is 1. The zero-order valence-electron chi connectivity index (χ0n) is 8.29. The molecule has 1 atom stereocenters. The fourth-order valence-corrected chi connectivity index (χ4v) is 1.92. The van der Waals surface area contributed by atoms with Crippen molar-refractivity contribution in [2.45, 2.75) is 11.8 Å². The van der Waals surface area contributed by atoms with E-state index < -0.39 is 4.92 Å². The monoisotopic (exact) mass is 228 g/mol. The fraction of sp³-hybridized carbons (Fsp3) is 0.444. The highest BCUT2D eigenvalue weighted by atomic mass is 32.2. The standard InChI is InChI=1S/C9H12N2O3S/c1-7(5-12)6-15-9-2-3-10-4-8(9)11(13)14/h2-4,7,12H,5-6H2,1H3. The van der Waals surface area contributed by atoms with Crippen LogP contribution < -0.4 is 0 Å². The van der Waals surface area contributed by atoms with Gasteiger partial charge in [0.15, 0.2) is 0 Å². The Hall–Kier alpha value is -1.14. The average Bonchev–Trinajstić information content (AvgIpc) is 2.26. The van der Waals surface area contributed by atoms with Crippen molar-refractivity contribution in [3.8, 4) is 0 Å². The van der Waals surface area contributed by atoms with E-state index in [1.165, 1.54) is 24.2 Å². The van der Waals surface area contributed by atoms with Crippen LogP contribution in [0.3, 0.4) is 0 Å². The molecule has 1 aromatic heterocycles. The Morgan fingerprint density at radius 3 is 3.07 bits per heavy atom. The normalized spacial score (nSPS) is 12.4. The minimum Gasteiger partial charge on any atom is -0.396 e. The molecule has 0 saturated heterocycles. The smallest absolute Gasteiger partial charge is 0.300 e. The number of hydrogen-bond donors (Lipinski definition) is 1. The van der Waals surface area contributed by atoms with Gasteiger partial charge in [-0.3, -0.25) is 15.1 Å². The molecule has 15 heavy (non-hydrogen) atoms. The topological polar surface area (TPSA) is 76.3 Å². The van der Waals surface area contributed by atoms with Crippen molar-refractivity contribution in [3.63, 3.8) is 0 Å². The summed E-state index contributed by atoms with van der Waals surface area (Å²) in [6.07, 6.45) is 2.77. The number of pyridine rings is 1. The minimum atomic E-state index is -0.445. The second-order valence-corrected chi connectivity index (χ2v) is 4.26. The van der Waals surface area contributed by atoms with Crippen molar-refractivity contribution in [2.75, 3.05) is 12.4 Å². The lowest BCUT2D eigenvalue weighted by Gasteiger charge is -2.06. The number of nitrogens with zero attached hydrogens (tertiary/aromatic N) is 2. The van der Waals surface area contributed by atoms with Crippen LogP contribution >= 0.6 is 11.8 Å². The van der Waals surface area contributed by atoms with E-state index in [0.29, 0.717) is 10.6 Å². The van der Waals surface area contributed by atoms with Crippen molar-refractivity contribution in [2.24, 2.45) is 5.92 Å². The zero-order chi connectivity index (χ0) is 11.3. The van der Waals surface area contributed by atoms with Crippen molar-refractivity contribution in [1.82, 2.24) is 4.98 Å². The van der Waals surface area contributed by atoms with Gasteiger partial charge in [0.1, 0.15) is 6.20 Å². The van der Waals surface area contributed by atoms with Crippen molar-refractivity contribution >= 4 is 17.4 Å². The Bertz CT molecular complexity index is 346. The molecule has 0 aliphatic carbocycles. The lowest BCUT2D eigenvalue weighted by atomic mass is 10.2. The van der Waals surface area contributed by atoms with Gasteiger partial charge in [-0.2, -0.15) is 0 Å². The quantitative estimate of drug-likeness (QED) is 0.471. The van der Waals surface area contributed by atoms with Crippen LogP contribution in [0.1, 0.15) is 6.92 Å². The van der Waals surface area contributed by atoms with Gasteiger partial charge >= 0.3 is 5.69 Å². The first-order chi connectivity index (χ1) is 7.15. The molecule has 0 bridgehead atoms. The van der Waals surface area contributed by atoms with Gasteiger partial charge in [0.05, 0.1) is 9.82 Å². The summed E-state index contributed by atoms with van der Waals surface area (Å²) in [5.74, 6) is 0.782. The Morgan fingerprint density at radius 1 is 1.73 bits per heavy atom. The number of rotatable bonds is 5. The zero-order valence-corrected chi connectivity index (χ0v) is 9.11. The predicted molar refractivity (Wildman–Crippen MR) is 57.9 cm³/mol. The van der Waals surface area contributed by atoms with E-state index >= 15 is 0 Å². The summed E-state index contributed by atoms with van der Waals surface area (Å²) in [4.78, 5) is 14.5. The molecule has 0 saturated carbocycles. The van der Waals surface area contributed by atoms with Crippen molar-refractivity contribution in [3.05, 3.63) is 28.6 Å². The number of hydrogen-bond acceptors (Lipinski definition) is 5. The summed E-state index contributed by atoms with van der Waals surface area (Å²) in [6.45, 7) is 1.98. The van der Waals surface area contributed by atoms with Crippen LogP contribution in [0.5, 0.6) is 0 Å². The van der Waals surface area contributed by atoms with Gasteiger partial charge in [-0.1, -0.05) is 6.92 Å². The first kappa shape index (κ1) is 11.9. The van der Waals surface area contributed by atoms with Gasteiger partial charge < -0.3 is 5.11 Å². The molecular weight excluding hydrogens is 216 g/mol. The Kier molecular flexibility index (Phi) is 4.51. The van der Waals surface area contributed by atoms with E-state index in [0.717, 1.165) is 0 Å². The molecule has 0 amide bonds. The highest BCUT2D eigenvalue weighted by Gasteiger charge is 2.14. The highest BCUT2D eigenvalue weighted by molar-refractivity contribution is 7.99. The van der Waals surface area contributed by atoms with Gasteiger partial charge in [0.25, 0.3) is 0 Å². The van der Waals surface area contributed by atoms with E-state index in [4.69, 9.17) is 5.11 Å². The Labute approximate surface area is 91.7 Å². The number of aliphatic hydroxyl groups is 1. The second kappa shape index (κ2) is 5.67. The molecule has 1 N–H and O–H groups in total. The van der Waals surface area contributed by atoms with Gasteiger partial charge in [0, 0.05) is 18.6 Å². The number of thioether (sulfide) groups is 1. The first-order valence-corrected chi connectivity index (χ1v) is 5.45. The fourth-order valence-electron chi connectivity index (χ4n) is 0.917. The predicted octanol–water partition coefficient (Wildman–Crippen LogP) is 1.71. The lowest BCUT2D eigenvalue weighted by molar-refractivity contribution is -0.388. The van der Waals surface area contributed by atoms with Crippen LogP contribution in [-0.4, -0.2) is 27.4 Å². The third-order valence-electron chi connectivity index (χ3n) is 1.79. The molecule has 6 heteroatoms. The van der Waals surface area contributed by atoms with Crippen LogP contribution in [0.15, 0.2) is 23.4 Å². The van der Waals surface area contributed by atoms with Gasteiger partial charge in [-0.05, 0) is 12.0 Å². The summed E-state index contributed by atoms with van der Waals surface area (Å²) >= 11 is 1.37. The molecule has 5 nitrogen and oxygen atoms in total. The maximum atomic E-state index is 10.6. The molecular formula is C9H12N2O3S. The summed E-state index contributed by atoms with van der Waals surface area (Å²) in [7, 11) is 0. The van der Waals surface area contributed by atoms with Gasteiger partial charge in [-0.25, -0.2) is 0 Å². The molecule has 1 rings (SSSR count). The number of nitro groups is 1. The van der Waals surface area contributed by atoms with E-state index in [2.05, 4.69) is 4.98 Å². The Balaban J connectivity index is 2.72. The molecule has 0 fully saturated rings. The van der Waals surface area contributed by atoms with Crippen LogP contribution in [0.25, 0.3) is 0 Å². The largest absolute Gasteiger partial charge is 0.396 e. The minimum absolute atomic E-state index is 0.0210. The maximum absolute atomic E-state index is 10.6. The van der Waals surface area contributed by atoms with E-state index in [-0.39, 0.29) is 18.2 Å². The molecule has 0 spiro atoms. The summed E-state index contributed by atoms with van der Waals surface area (Å²) in [5.41, 5.74) is 0.0210. The molecule has 0 aromatic carbocycles. The van der Waals surface area contributed by atoms with E-state index in [1.54, 1.807) is 6.07 Å². The van der Waals surface area contributed by atoms with E-state index in [9.17, 15) is 10.1 Å². The van der Waals surface area contributed by atoms with Gasteiger partial charge in [-0.15, -0.1) is 11.8 Å². The van der Waals surface area contributed by atoms with Crippen molar-refractivity contribution < 1.29 is 10.0 Å². The van der Waals surface area contributed by atoms with Crippen LogP contribution in [0, 0.1) is 16.0 Å². The first-order valence-electron chi connectivity index (χ1n) is 4.47. The lowest BCUT2D eigenvalue weighted by Crippen LogP contribution is -2.03. The SMILES string of the molecule is CC(CO)CSc1ccncc1[N+](=O)[O-]. The maximum Gasteiger partial charge on any atom is 0.300 e. The molecule has 0 radical (unpaired) electrons. The molecule has 1 unspecified atom stereocenters. The summed E-state index contributed by atoms with van der Waals surface area (Å²) in [5, 5.41) is 19.5. The summed E-state index contributed by atoms with van der Waals surface area (Å²) in [6, 6.07) is 1.62. The van der Waals surface area contributed by atoms with Crippen LogP contribution in [0.4, 0.5) is 5.69 Å². The number of aliphatic hydroxyl groups excluding tert-OH is 1. The third-order valence-corrected chi connectivity index (χ3v) is 3.18. The Morgan fingerprint density at radius 2 is 2.47 bits per heavy atom. The second-order valence-electron chi connectivity index (χ2n) is 3.20. The van der Waals surface area contributed by atoms with Crippen LogP contribution in [-0.2, 0) is 0 Å².